The quantitative estimate of drug-likeness (QED) is 0.313. The molecule has 5 aromatic rings. The molecule has 1 atom stereocenters. The first-order valence-electron chi connectivity index (χ1n) is 10.2. The normalized spacial score (nSPS) is 11.8. The molecule has 8 heteroatoms. The lowest BCUT2D eigenvalue weighted by molar-refractivity contribution is 0.394. The SMILES string of the molecule is Cc1csc(-c2cc(=O)n(C)c3ccc(C(F)c4ccc(Cl)cc4)nc23)c1.Cn1ccnc1. The fraction of sp³-hybridized carbons (Fsp3) is 0.160. The van der Waals surface area contributed by atoms with Gasteiger partial charge < -0.3 is 9.13 Å². The number of hydrogen-bond donors (Lipinski definition) is 0. The maximum absolute atomic E-state index is 15.1. The van der Waals surface area contributed by atoms with E-state index in [0.717, 1.165) is 16.0 Å². The van der Waals surface area contributed by atoms with E-state index >= 15 is 4.39 Å². The number of imidazole rings is 1. The first-order chi connectivity index (χ1) is 15.8. The molecular weight excluding hydrogens is 459 g/mol. The highest BCUT2D eigenvalue weighted by atomic mass is 35.5. The van der Waals surface area contributed by atoms with Crippen LogP contribution in [0.5, 0.6) is 0 Å². The summed E-state index contributed by atoms with van der Waals surface area (Å²) >= 11 is 7.44. The summed E-state index contributed by atoms with van der Waals surface area (Å²) < 4.78 is 18.5. The zero-order chi connectivity index (χ0) is 23.5. The van der Waals surface area contributed by atoms with Gasteiger partial charge in [-0.15, -0.1) is 11.3 Å². The van der Waals surface area contributed by atoms with Gasteiger partial charge in [0.15, 0.2) is 6.17 Å². The Morgan fingerprint density at radius 1 is 1.09 bits per heavy atom. The second-order valence-electron chi connectivity index (χ2n) is 7.69. The molecule has 4 heterocycles. The average Bonchev–Trinajstić information content (AvgIpc) is 3.47. The number of nitrogens with zero attached hydrogens (tertiary/aromatic N) is 4. The average molecular weight is 481 g/mol. The molecule has 0 radical (unpaired) electrons. The molecule has 0 fully saturated rings. The van der Waals surface area contributed by atoms with Gasteiger partial charge >= 0.3 is 0 Å². The van der Waals surface area contributed by atoms with Gasteiger partial charge in [-0.1, -0.05) is 23.7 Å². The first-order valence-corrected chi connectivity index (χ1v) is 11.5. The van der Waals surface area contributed by atoms with Crippen molar-refractivity contribution < 1.29 is 4.39 Å². The number of thiophene rings is 1. The summed E-state index contributed by atoms with van der Waals surface area (Å²) in [7, 11) is 3.63. The van der Waals surface area contributed by atoms with Gasteiger partial charge in [-0.05, 0) is 53.8 Å². The van der Waals surface area contributed by atoms with E-state index in [9.17, 15) is 4.79 Å². The molecule has 33 heavy (non-hydrogen) atoms. The lowest BCUT2D eigenvalue weighted by atomic mass is 10.1. The number of hydrogen-bond acceptors (Lipinski definition) is 4. The first kappa shape index (κ1) is 22.9. The molecule has 1 aromatic carbocycles. The molecule has 0 aliphatic carbocycles. The van der Waals surface area contributed by atoms with Gasteiger partial charge in [-0.25, -0.2) is 14.4 Å². The Labute approximate surface area is 199 Å². The van der Waals surface area contributed by atoms with Gasteiger partial charge in [0.1, 0.15) is 0 Å². The number of fused-ring (bicyclic) bond motifs is 1. The molecule has 0 spiro atoms. The van der Waals surface area contributed by atoms with Crippen molar-refractivity contribution in [2.45, 2.75) is 13.1 Å². The highest BCUT2D eigenvalue weighted by Gasteiger charge is 2.18. The summed E-state index contributed by atoms with van der Waals surface area (Å²) in [5.74, 6) is 0. The topological polar surface area (TPSA) is 52.7 Å². The summed E-state index contributed by atoms with van der Waals surface area (Å²) in [4.78, 5) is 21.7. The minimum absolute atomic E-state index is 0.118. The molecule has 168 valence electrons. The van der Waals surface area contributed by atoms with E-state index in [1.165, 1.54) is 4.57 Å². The second kappa shape index (κ2) is 9.68. The Bertz CT molecular complexity index is 1440. The fourth-order valence-electron chi connectivity index (χ4n) is 3.37. The van der Waals surface area contributed by atoms with Crippen molar-refractivity contribution in [3.05, 3.63) is 105 Å². The molecule has 1 unspecified atom stereocenters. The second-order valence-corrected chi connectivity index (χ2v) is 9.04. The molecule has 5 nitrogen and oxygen atoms in total. The zero-order valence-corrected chi connectivity index (χ0v) is 19.9. The van der Waals surface area contributed by atoms with E-state index in [-0.39, 0.29) is 5.56 Å². The summed E-state index contributed by atoms with van der Waals surface area (Å²) in [5.41, 5.74) is 3.82. The molecule has 0 bridgehead atoms. The van der Waals surface area contributed by atoms with Crippen molar-refractivity contribution in [2.75, 3.05) is 0 Å². The smallest absolute Gasteiger partial charge is 0.251 e. The standard InChI is InChI=1S/C21H16ClFN2OS.C4H6N2/c1-12-9-18(27-11-12)15-10-19(26)25(2)17-8-7-16(24-21(15)17)20(23)13-3-5-14(22)6-4-13;1-6-3-2-5-4-6/h3-11,20H,1-2H3;2-4H,1H3. The van der Waals surface area contributed by atoms with Crippen LogP contribution in [-0.2, 0) is 14.1 Å². The number of rotatable bonds is 3. The van der Waals surface area contributed by atoms with Crippen LogP contribution in [0.2, 0.25) is 5.02 Å². The molecule has 0 saturated carbocycles. The Morgan fingerprint density at radius 2 is 1.85 bits per heavy atom. The van der Waals surface area contributed by atoms with Crippen LogP contribution < -0.4 is 5.56 Å². The third-order valence-electron chi connectivity index (χ3n) is 5.17. The third kappa shape index (κ3) is 5.05. The maximum Gasteiger partial charge on any atom is 0.251 e. The summed E-state index contributed by atoms with van der Waals surface area (Å²) in [6.07, 6.45) is 4.02. The van der Waals surface area contributed by atoms with Gasteiger partial charge in [0.25, 0.3) is 5.56 Å². The Morgan fingerprint density at radius 3 is 2.42 bits per heavy atom. The van der Waals surface area contributed by atoms with E-state index in [0.29, 0.717) is 27.3 Å². The van der Waals surface area contributed by atoms with E-state index in [4.69, 9.17) is 11.6 Å². The van der Waals surface area contributed by atoms with Crippen LogP contribution in [0.3, 0.4) is 0 Å². The van der Waals surface area contributed by atoms with Crippen LogP contribution in [0.15, 0.2) is 77.4 Å². The summed E-state index contributed by atoms with van der Waals surface area (Å²) in [6, 6.07) is 13.6. The lowest BCUT2D eigenvalue weighted by Crippen LogP contribution is -2.17. The van der Waals surface area contributed by atoms with Crippen LogP contribution in [0.25, 0.3) is 21.5 Å². The maximum atomic E-state index is 15.1. The van der Waals surface area contributed by atoms with E-state index < -0.39 is 6.17 Å². The molecular formula is C25H22ClFN4OS. The number of benzene rings is 1. The fourth-order valence-corrected chi connectivity index (χ4v) is 4.42. The largest absolute Gasteiger partial charge is 0.341 e. The number of halogens is 2. The van der Waals surface area contributed by atoms with Crippen LogP contribution in [0.4, 0.5) is 4.39 Å². The van der Waals surface area contributed by atoms with E-state index in [1.807, 2.05) is 36.2 Å². The van der Waals surface area contributed by atoms with Gasteiger partial charge in [0.05, 0.1) is 23.1 Å². The Kier molecular flexibility index (Phi) is 6.72. The van der Waals surface area contributed by atoms with Gasteiger partial charge in [0.2, 0.25) is 0 Å². The highest BCUT2D eigenvalue weighted by molar-refractivity contribution is 7.13. The molecule has 0 saturated heterocycles. The molecule has 0 aliphatic heterocycles. The molecule has 4 aromatic heterocycles. The van der Waals surface area contributed by atoms with Crippen molar-refractivity contribution in [1.29, 1.82) is 0 Å². The summed E-state index contributed by atoms with van der Waals surface area (Å²) in [5, 5.41) is 2.58. The number of alkyl halides is 1. The van der Waals surface area contributed by atoms with Gasteiger partial charge in [-0.3, -0.25) is 4.79 Å². The molecule has 5 rings (SSSR count). The Balaban J connectivity index is 0.000000376. The minimum Gasteiger partial charge on any atom is -0.341 e. The van der Waals surface area contributed by atoms with Crippen molar-refractivity contribution in [1.82, 2.24) is 19.1 Å². The van der Waals surface area contributed by atoms with Crippen LogP contribution in [0.1, 0.15) is 23.0 Å². The zero-order valence-electron chi connectivity index (χ0n) is 18.4. The predicted octanol–water partition coefficient (Wildman–Crippen LogP) is 6.10. The number of aromatic nitrogens is 4. The molecule has 0 amide bonds. The summed E-state index contributed by atoms with van der Waals surface area (Å²) in [6.45, 7) is 2.00. The number of pyridine rings is 2. The predicted molar refractivity (Wildman–Crippen MR) is 133 cm³/mol. The van der Waals surface area contributed by atoms with Gasteiger partial charge in [0, 0.05) is 48.0 Å². The van der Waals surface area contributed by atoms with Crippen LogP contribution in [0, 0.1) is 6.92 Å². The Hall–Kier alpha value is -3.29. The number of aryl methyl sites for hydroxylation is 3. The van der Waals surface area contributed by atoms with Crippen molar-refractivity contribution >= 4 is 34.0 Å². The van der Waals surface area contributed by atoms with E-state index in [2.05, 4.69) is 9.97 Å². The minimum atomic E-state index is -1.37. The van der Waals surface area contributed by atoms with Crippen molar-refractivity contribution in [3.8, 4) is 10.4 Å². The van der Waals surface area contributed by atoms with E-state index in [1.54, 1.807) is 73.4 Å². The third-order valence-corrected chi connectivity index (χ3v) is 6.50. The molecule has 0 aliphatic rings. The lowest BCUT2D eigenvalue weighted by Gasteiger charge is -2.13. The van der Waals surface area contributed by atoms with Crippen LogP contribution in [-0.4, -0.2) is 19.1 Å². The van der Waals surface area contributed by atoms with Crippen molar-refractivity contribution in [2.24, 2.45) is 14.1 Å². The van der Waals surface area contributed by atoms with Crippen LogP contribution >= 0.6 is 22.9 Å². The van der Waals surface area contributed by atoms with Gasteiger partial charge in [-0.2, -0.15) is 0 Å². The highest BCUT2D eigenvalue weighted by Crippen LogP contribution is 2.33. The molecule has 0 N–H and O–H groups in total. The monoisotopic (exact) mass is 480 g/mol. The van der Waals surface area contributed by atoms with Crippen molar-refractivity contribution in [3.63, 3.8) is 0 Å².